The van der Waals surface area contributed by atoms with Crippen molar-refractivity contribution < 1.29 is 14.0 Å². The number of nitrogens with one attached hydrogen (secondary N) is 2. The maximum absolute atomic E-state index is 14.8. The Bertz CT molecular complexity index is 798. The number of hydrogen-bond acceptors (Lipinski definition) is 3. The second kappa shape index (κ2) is 8.78. The normalized spacial score (nSPS) is 26.9. The van der Waals surface area contributed by atoms with Gasteiger partial charge in [-0.1, -0.05) is 43.0 Å². The quantitative estimate of drug-likeness (QED) is 0.598. The van der Waals surface area contributed by atoms with Gasteiger partial charge in [0.1, 0.15) is 5.82 Å². The van der Waals surface area contributed by atoms with E-state index in [-0.39, 0.29) is 50.8 Å². The molecule has 4 N–H and O–H groups in total. The molecule has 1 aromatic carbocycles. The molecule has 0 saturated heterocycles. The molecule has 2 fully saturated rings. The van der Waals surface area contributed by atoms with Gasteiger partial charge in [-0.2, -0.15) is 0 Å². The Hall–Kier alpha value is -1.37. The first-order chi connectivity index (χ1) is 13.6. The van der Waals surface area contributed by atoms with Crippen LogP contribution in [0.25, 0.3) is 0 Å². The van der Waals surface area contributed by atoms with Crippen molar-refractivity contribution in [2.24, 2.45) is 17.1 Å². The van der Waals surface area contributed by atoms with Gasteiger partial charge in [0.15, 0.2) is 0 Å². The molecule has 1 aromatic rings. The van der Waals surface area contributed by atoms with Gasteiger partial charge >= 0.3 is 0 Å². The Morgan fingerprint density at radius 2 is 1.90 bits per heavy atom. The SMILES string of the molecule is CC(=O)N[C@H]1CC(C(=O)N[C@H](c2c(F)ccc(Cl)c2Cl)C2(C)CCCC2)C[C@H]1N. The van der Waals surface area contributed by atoms with E-state index in [2.05, 4.69) is 17.6 Å². The highest BCUT2D eigenvalue weighted by Gasteiger charge is 2.43. The topological polar surface area (TPSA) is 84.2 Å². The van der Waals surface area contributed by atoms with E-state index < -0.39 is 11.9 Å². The lowest BCUT2D eigenvalue weighted by Gasteiger charge is -2.36. The number of carbonyl (C=O) groups excluding carboxylic acids is 2. The number of rotatable bonds is 5. The van der Waals surface area contributed by atoms with E-state index in [0.717, 1.165) is 25.7 Å². The number of carbonyl (C=O) groups is 2. The molecule has 160 valence electrons. The van der Waals surface area contributed by atoms with Gasteiger partial charge < -0.3 is 16.4 Å². The molecule has 8 heteroatoms. The van der Waals surface area contributed by atoms with Crippen LogP contribution < -0.4 is 16.4 Å². The van der Waals surface area contributed by atoms with E-state index >= 15 is 0 Å². The van der Waals surface area contributed by atoms with E-state index in [1.807, 2.05) is 0 Å². The van der Waals surface area contributed by atoms with E-state index in [1.54, 1.807) is 0 Å². The highest BCUT2D eigenvalue weighted by Crippen LogP contribution is 2.50. The Kier molecular flexibility index (Phi) is 6.76. The van der Waals surface area contributed by atoms with Crippen molar-refractivity contribution in [1.29, 1.82) is 0 Å². The molecule has 4 atom stereocenters. The van der Waals surface area contributed by atoms with Crippen LogP contribution >= 0.6 is 23.2 Å². The molecule has 0 heterocycles. The van der Waals surface area contributed by atoms with Crippen LogP contribution in [0.4, 0.5) is 4.39 Å². The summed E-state index contributed by atoms with van der Waals surface area (Å²) < 4.78 is 14.8. The molecular formula is C21H28Cl2FN3O2. The maximum Gasteiger partial charge on any atom is 0.223 e. The molecule has 0 aliphatic heterocycles. The van der Waals surface area contributed by atoms with Crippen molar-refractivity contribution in [1.82, 2.24) is 10.6 Å². The van der Waals surface area contributed by atoms with Gasteiger partial charge in [-0.25, -0.2) is 4.39 Å². The largest absolute Gasteiger partial charge is 0.352 e. The Morgan fingerprint density at radius 3 is 2.52 bits per heavy atom. The average molecular weight is 444 g/mol. The molecule has 0 aromatic heterocycles. The van der Waals surface area contributed by atoms with Crippen LogP contribution in [-0.2, 0) is 9.59 Å². The van der Waals surface area contributed by atoms with Crippen molar-refractivity contribution in [2.75, 3.05) is 0 Å². The third-order valence-electron chi connectivity index (χ3n) is 6.47. The lowest BCUT2D eigenvalue weighted by Crippen LogP contribution is -2.43. The third kappa shape index (κ3) is 4.70. The molecule has 2 aliphatic rings. The summed E-state index contributed by atoms with van der Waals surface area (Å²) in [7, 11) is 0. The van der Waals surface area contributed by atoms with Crippen LogP contribution in [0.3, 0.4) is 0 Å². The van der Waals surface area contributed by atoms with Gasteiger partial charge in [0.25, 0.3) is 0 Å². The smallest absolute Gasteiger partial charge is 0.223 e. The Morgan fingerprint density at radius 1 is 1.24 bits per heavy atom. The molecule has 5 nitrogen and oxygen atoms in total. The fourth-order valence-corrected chi connectivity index (χ4v) is 5.27. The molecule has 2 amide bonds. The third-order valence-corrected chi connectivity index (χ3v) is 7.29. The van der Waals surface area contributed by atoms with Crippen molar-refractivity contribution in [2.45, 2.75) is 70.5 Å². The fraction of sp³-hybridized carbons (Fsp3) is 0.619. The molecule has 0 radical (unpaired) electrons. The highest BCUT2D eigenvalue weighted by molar-refractivity contribution is 6.42. The first-order valence-corrected chi connectivity index (χ1v) is 10.8. The highest BCUT2D eigenvalue weighted by atomic mass is 35.5. The number of amides is 2. The summed E-state index contributed by atoms with van der Waals surface area (Å²) in [6.45, 7) is 3.49. The summed E-state index contributed by atoms with van der Waals surface area (Å²) in [5, 5.41) is 6.28. The summed E-state index contributed by atoms with van der Waals surface area (Å²) in [5.41, 5.74) is 6.05. The van der Waals surface area contributed by atoms with Gasteiger partial charge in [0.2, 0.25) is 11.8 Å². The van der Waals surface area contributed by atoms with E-state index in [9.17, 15) is 14.0 Å². The molecular weight excluding hydrogens is 416 g/mol. The van der Waals surface area contributed by atoms with Crippen molar-refractivity contribution in [3.63, 3.8) is 0 Å². The van der Waals surface area contributed by atoms with Gasteiger partial charge in [0.05, 0.1) is 16.1 Å². The minimum absolute atomic E-state index is 0.143. The number of hydrogen-bond donors (Lipinski definition) is 3. The first-order valence-electron chi connectivity index (χ1n) is 10.1. The molecule has 2 aliphatic carbocycles. The van der Waals surface area contributed by atoms with Crippen LogP contribution in [-0.4, -0.2) is 23.9 Å². The summed E-state index contributed by atoms with van der Waals surface area (Å²) in [6, 6.07) is 1.60. The summed E-state index contributed by atoms with van der Waals surface area (Å²) in [6.07, 6.45) is 4.68. The predicted octanol–water partition coefficient (Wildman–Crippen LogP) is 4.11. The standard InChI is InChI=1S/C21H28Cl2FN3O2/c1-11(28)26-16-10-12(9-15(16)25)20(29)27-19(21(2)7-3-4-8-21)17-14(24)6-5-13(22)18(17)23/h5-6,12,15-16,19H,3-4,7-10,25H2,1-2H3,(H,26,28)(H,27,29)/t12?,15-,16+,19-/m1/s1. The van der Waals surface area contributed by atoms with Crippen LogP contribution in [0.2, 0.25) is 10.0 Å². The summed E-state index contributed by atoms with van der Waals surface area (Å²) >= 11 is 12.6. The van der Waals surface area contributed by atoms with Gasteiger partial charge in [-0.15, -0.1) is 0 Å². The molecule has 0 spiro atoms. The van der Waals surface area contributed by atoms with Gasteiger partial charge in [0, 0.05) is 30.5 Å². The minimum atomic E-state index is -0.584. The first kappa shape index (κ1) is 22.3. The van der Waals surface area contributed by atoms with Crippen molar-refractivity contribution in [3.05, 3.63) is 33.6 Å². The number of benzene rings is 1. The van der Waals surface area contributed by atoms with Crippen LogP contribution in [0.15, 0.2) is 12.1 Å². The zero-order valence-electron chi connectivity index (χ0n) is 16.7. The van der Waals surface area contributed by atoms with Crippen molar-refractivity contribution >= 4 is 35.0 Å². The lowest BCUT2D eigenvalue weighted by molar-refractivity contribution is -0.127. The van der Waals surface area contributed by atoms with Crippen LogP contribution in [0.1, 0.15) is 64.0 Å². The maximum atomic E-state index is 14.8. The molecule has 1 unspecified atom stereocenters. The molecule has 2 saturated carbocycles. The Labute approximate surface area is 180 Å². The van der Waals surface area contributed by atoms with Crippen LogP contribution in [0.5, 0.6) is 0 Å². The van der Waals surface area contributed by atoms with Gasteiger partial charge in [-0.05, 0) is 43.2 Å². The van der Waals surface area contributed by atoms with Gasteiger partial charge in [-0.3, -0.25) is 9.59 Å². The van der Waals surface area contributed by atoms with E-state index in [4.69, 9.17) is 28.9 Å². The Balaban J connectivity index is 1.86. The molecule has 3 rings (SSSR count). The predicted molar refractivity (Wildman–Crippen MR) is 112 cm³/mol. The number of nitrogens with two attached hydrogens (primary N) is 1. The monoisotopic (exact) mass is 443 g/mol. The number of halogens is 3. The molecule has 29 heavy (non-hydrogen) atoms. The summed E-state index contributed by atoms with van der Waals surface area (Å²) in [4.78, 5) is 24.5. The van der Waals surface area contributed by atoms with E-state index in [0.29, 0.717) is 12.8 Å². The van der Waals surface area contributed by atoms with E-state index in [1.165, 1.54) is 19.1 Å². The lowest BCUT2D eigenvalue weighted by atomic mass is 9.76. The second-order valence-electron chi connectivity index (χ2n) is 8.70. The minimum Gasteiger partial charge on any atom is -0.352 e. The fourth-order valence-electron chi connectivity index (χ4n) is 4.85. The van der Waals surface area contributed by atoms with Crippen LogP contribution in [0, 0.1) is 17.2 Å². The molecule has 0 bridgehead atoms. The van der Waals surface area contributed by atoms with Crippen molar-refractivity contribution in [3.8, 4) is 0 Å². The zero-order chi connectivity index (χ0) is 21.3. The average Bonchev–Trinajstić information content (AvgIpc) is 3.24. The second-order valence-corrected chi connectivity index (χ2v) is 9.48. The zero-order valence-corrected chi connectivity index (χ0v) is 18.2. The summed E-state index contributed by atoms with van der Waals surface area (Å²) in [5.74, 6) is -1.19.